The van der Waals surface area contributed by atoms with Crippen molar-refractivity contribution in [3.8, 4) is 22.5 Å². The Labute approximate surface area is 125 Å². The van der Waals surface area contributed by atoms with Crippen LogP contribution in [0.1, 0.15) is 0 Å². The van der Waals surface area contributed by atoms with Gasteiger partial charge in [0, 0.05) is 43.8 Å². The van der Waals surface area contributed by atoms with E-state index < -0.39 is 0 Å². The standard InChI is InChI=1S/C16H11N2.Ir/c1-3-7-13(8-4-1)15-11-18-16(12-17-15)14-9-5-2-6-10-14;/h1-9,11-12H;/q-1;. The summed E-state index contributed by atoms with van der Waals surface area (Å²) in [5, 5.41) is 0. The molecule has 0 amide bonds. The van der Waals surface area contributed by atoms with E-state index in [-0.39, 0.29) is 20.1 Å². The van der Waals surface area contributed by atoms with Gasteiger partial charge in [0.2, 0.25) is 0 Å². The Morgan fingerprint density at radius 3 is 2.05 bits per heavy atom. The number of hydrogen-bond donors (Lipinski definition) is 0. The maximum atomic E-state index is 4.44. The number of benzene rings is 2. The van der Waals surface area contributed by atoms with Crippen LogP contribution in [0.25, 0.3) is 22.5 Å². The molecule has 0 bridgehead atoms. The quantitative estimate of drug-likeness (QED) is 0.589. The molecule has 1 heterocycles. The molecule has 0 saturated carbocycles. The Morgan fingerprint density at radius 2 is 1.42 bits per heavy atom. The second-order valence-electron chi connectivity index (χ2n) is 3.93. The van der Waals surface area contributed by atoms with Crippen molar-refractivity contribution >= 4 is 0 Å². The van der Waals surface area contributed by atoms with Gasteiger partial charge in [-0.3, -0.25) is 4.98 Å². The van der Waals surface area contributed by atoms with E-state index in [1.807, 2.05) is 54.6 Å². The maximum absolute atomic E-state index is 4.44. The molecule has 0 saturated heterocycles. The van der Waals surface area contributed by atoms with Crippen molar-refractivity contribution in [2.24, 2.45) is 0 Å². The van der Waals surface area contributed by atoms with Crippen molar-refractivity contribution in [1.29, 1.82) is 0 Å². The molecule has 19 heavy (non-hydrogen) atoms. The van der Waals surface area contributed by atoms with E-state index in [1.54, 1.807) is 12.4 Å². The number of nitrogens with zero attached hydrogens (tertiary/aromatic N) is 2. The number of aromatic nitrogens is 2. The van der Waals surface area contributed by atoms with Gasteiger partial charge in [-0.15, -0.1) is 35.9 Å². The summed E-state index contributed by atoms with van der Waals surface area (Å²) >= 11 is 0. The van der Waals surface area contributed by atoms with Gasteiger partial charge in [0.15, 0.2) is 0 Å². The first-order chi connectivity index (χ1) is 8.93. The normalized spacial score (nSPS) is 9.68. The van der Waals surface area contributed by atoms with Crippen molar-refractivity contribution in [3.63, 3.8) is 0 Å². The largest absolute Gasteiger partial charge is 0.301 e. The van der Waals surface area contributed by atoms with Crippen molar-refractivity contribution in [2.75, 3.05) is 0 Å². The summed E-state index contributed by atoms with van der Waals surface area (Å²) in [5.41, 5.74) is 3.77. The van der Waals surface area contributed by atoms with Gasteiger partial charge in [-0.05, 0) is 0 Å². The van der Waals surface area contributed by atoms with Crippen LogP contribution in [0.15, 0.2) is 67.0 Å². The predicted molar refractivity (Wildman–Crippen MR) is 71.7 cm³/mol. The summed E-state index contributed by atoms with van der Waals surface area (Å²) in [7, 11) is 0. The molecule has 2 aromatic carbocycles. The average Bonchev–Trinajstić information content (AvgIpc) is 2.49. The molecule has 0 atom stereocenters. The Kier molecular flexibility index (Phi) is 4.56. The molecular formula is C16H11IrN2-. The van der Waals surface area contributed by atoms with E-state index in [0.29, 0.717) is 0 Å². The zero-order chi connectivity index (χ0) is 12.2. The Balaban J connectivity index is 0.00000133. The van der Waals surface area contributed by atoms with Gasteiger partial charge in [-0.2, -0.15) is 0 Å². The van der Waals surface area contributed by atoms with E-state index in [4.69, 9.17) is 0 Å². The van der Waals surface area contributed by atoms with Gasteiger partial charge >= 0.3 is 0 Å². The molecule has 0 aliphatic heterocycles. The van der Waals surface area contributed by atoms with Gasteiger partial charge in [0.1, 0.15) is 0 Å². The molecule has 0 fully saturated rings. The Hall–Kier alpha value is -1.83. The second-order valence-corrected chi connectivity index (χ2v) is 3.93. The molecule has 3 rings (SSSR count). The van der Waals surface area contributed by atoms with Crippen molar-refractivity contribution in [2.45, 2.75) is 0 Å². The zero-order valence-electron chi connectivity index (χ0n) is 10.1. The Bertz CT molecular complexity index is 563. The van der Waals surface area contributed by atoms with E-state index in [0.717, 1.165) is 22.5 Å². The molecular weight excluding hydrogens is 412 g/mol. The monoisotopic (exact) mass is 424 g/mol. The fourth-order valence-corrected chi connectivity index (χ4v) is 1.78. The van der Waals surface area contributed by atoms with Crippen molar-refractivity contribution in [3.05, 3.63) is 73.1 Å². The summed E-state index contributed by atoms with van der Waals surface area (Å²) < 4.78 is 0. The molecule has 0 N–H and O–H groups in total. The third kappa shape index (κ3) is 3.14. The fourth-order valence-electron chi connectivity index (χ4n) is 1.78. The Morgan fingerprint density at radius 1 is 0.737 bits per heavy atom. The first kappa shape index (κ1) is 13.6. The minimum Gasteiger partial charge on any atom is -0.301 e. The molecule has 0 spiro atoms. The molecule has 3 heteroatoms. The van der Waals surface area contributed by atoms with Crippen LogP contribution in [0.3, 0.4) is 0 Å². The fraction of sp³-hybridized carbons (Fsp3) is 0. The molecule has 3 aromatic rings. The summed E-state index contributed by atoms with van der Waals surface area (Å²) in [6.45, 7) is 0. The van der Waals surface area contributed by atoms with Crippen LogP contribution in [0.4, 0.5) is 0 Å². The minimum atomic E-state index is 0. The SMILES string of the molecule is [Ir].[c-]1ccccc1-c1cnc(-c2ccccc2)cn1. The maximum Gasteiger partial charge on any atom is 0.0866 e. The van der Waals surface area contributed by atoms with Crippen LogP contribution >= 0.6 is 0 Å². The zero-order valence-corrected chi connectivity index (χ0v) is 12.5. The summed E-state index contributed by atoms with van der Waals surface area (Å²) in [6, 6.07) is 20.9. The van der Waals surface area contributed by atoms with E-state index in [9.17, 15) is 0 Å². The van der Waals surface area contributed by atoms with Crippen molar-refractivity contribution < 1.29 is 20.1 Å². The molecule has 1 radical (unpaired) electrons. The molecule has 0 unspecified atom stereocenters. The third-order valence-electron chi connectivity index (χ3n) is 2.71. The van der Waals surface area contributed by atoms with E-state index in [2.05, 4.69) is 16.0 Å². The van der Waals surface area contributed by atoms with E-state index in [1.165, 1.54) is 0 Å². The van der Waals surface area contributed by atoms with E-state index >= 15 is 0 Å². The molecule has 2 nitrogen and oxygen atoms in total. The van der Waals surface area contributed by atoms with Gasteiger partial charge < -0.3 is 4.98 Å². The molecule has 95 valence electrons. The minimum absolute atomic E-state index is 0. The van der Waals surface area contributed by atoms with Crippen LogP contribution in [0.5, 0.6) is 0 Å². The van der Waals surface area contributed by atoms with Gasteiger partial charge in [0.05, 0.1) is 5.69 Å². The van der Waals surface area contributed by atoms with Crippen LogP contribution in [0.2, 0.25) is 0 Å². The second kappa shape index (κ2) is 6.37. The summed E-state index contributed by atoms with van der Waals surface area (Å²) in [6.07, 6.45) is 3.58. The third-order valence-corrected chi connectivity index (χ3v) is 2.71. The van der Waals surface area contributed by atoms with Crippen molar-refractivity contribution in [1.82, 2.24) is 9.97 Å². The smallest absolute Gasteiger partial charge is 0.0866 e. The number of hydrogen-bond acceptors (Lipinski definition) is 2. The molecule has 1 aromatic heterocycles. The first-order valence-electron chi connectivity index (χ1n) is 5.78. The van der Waals surface area contributed by atoms with Crippen LogP contribution < -0.4 is 0 Å². The topological polar surface area (TPSA) is 25.8 Å². The van der Waals surface area contributed by atoms with Crippen LogP contribution in [0, 0.1) is 6.07 Å². The molecule has 0 aliphatic rings. The van der Waals surface area contributed by atoms with Gasteiger partial charge in [-0.1, -0.05) is 30.3 Å². The van der Waals surface area contributed by atoms with Crippen LogP contribution in [-0.2, 0) is 20.1 Å². The first-order valence-corrected chi connectivity index (χ1v) is 5.78. The van der Waals surface area contributed by atoms with Crippen LogP contribution in [-0.4, -0.2) is 9.97 Å². The molecule has 0 aliphatic carbocycles. The van der Waals surface area contributed by atoms with Gasteiger partial charge in [-0.25, -0.2) is 0 Å². The summed E-state index contributed by atoms with van der Waals surface area (Å²) in [5.74, 6) is 0. The average molecular weight is 423 g/mol. The van der Waals surface area contributed by atoms with Gasteiger partial charge in [0.25, 0.3) is 0 Å². The summed E-state index contributed by atoms with van der Waals surface area (Å²) in [4.78, 5) is 8.87. The predicted octanol–water partition coefficient (Wildman–Crippen LogP) is 3.61. The number of rotatable bonds is 2.